The number of nitrogens with one attached hydrogen (secondary N) is 1. The second-order valence-corrected chi connectivity index (χ2v) is 5.93. The van der Waals surface area contributed by atoms with Crippen molar-refractivity contribution >= 4 is 10.8 Å². The molecule has 0 aromatic rings. The molecule has 0 aliphatic heterocycles. The van der Waals surface area contributed by atoms with Crippen molar-refractivity contribution in [1.82, 2.24) is 5.32 Å². The van der Waals surface area contributed by atoms with E-state index in [2.05, 4.69) is 33.0 Å². The van der Waals surface area contributed by atoms with Crippen molar-refractivity contribution in [3.05, 3.63) is 0 Å². The van der Waals surface area contributed by atoms with Gasteiger partial charge in [0.2, 0.25) is 0 Å². The lowest BCUT2D eigenvalue weighted by Gasteiger charge is -2.11. The van der Waals surface area contributed by atoms with E-state index in [1.54, 1.807) is 0 Å². The lowest BCUT2D eigenvalue weighted by Crippen LogP contribution is -2.25. The van der Waals surface area contributed by atoms with E-state index in [-0.39, 0.29) is 0 Å². The minimum atomic E-state index is -0.598. The molecule has 2 unspecified atom stereocenters. The van der Waals surface area contributed by atoms with E-state index in [4.69, 9.17) is 0 Å². The van der Waals surface area contributed by atoms with Gasteiger partial charge in [0.25, 0.3) is 0 Å². The van der Waals surface area contributed by atoms with Crippen LogP contribution in [0.4, 0.5) is 0 Å². The zero-order chi connectivity index (χ0) is 11.0. The van der Waals surface area contributed by atoms with E-state index < -0.39 is 10.8 Å². The molecule has 0 radical (unpaired) electrons. The van der Waals surface area contributed by atoms with Crippen LogP contribution in [0.2, 0.25) is 0 Å². The van der Waals surface area contributed by atoms with E-state index >= 15 is 0 Å². The Labute approximate surface area is 91.3 Å². The second-order valence-electron chi connectivity index (χ2n) is 4.31. The SMILES string of the molecule is CCNC(C)CCCS(=O)CC(C)C. The molecular weight excluding hydrogens is 194 g/mol. The minimum Gasteiger partial charge on any atom is -0.315 e. The highest BCUT2D eigenvalue weighted by Gasteiger charge is 2.04. The topological polar surface area (TPSA) is 29.1 Å². The van der Waals surface area contributed by atoms with Crippen molar-refractivity contribution in [2.75, 3.05) is 18.1 Å². The van der Waals surface area contributed by atoms with Gasteiger partial charge in [-0.25, -0.2) is 0 Å². The Kier molecular flexibility index (Phi) is 8.49. The van der Waals surface area contributed by atoms with Crippen LogP contribution in [0, 0.1) is 5.92 Å². The van der Waals surface area contributed by atoms with Crippen LogP contribution in [0.15, 0.2) is 0 Å². The lowest BCUT2D eigenvalue weighted by molar-refractivity contribution is 0.524. The highest BCUT2D eigenvalue weighted by atomic mass is 32.2. The molecule has 2 atom stereocenters. The van der Waals surface area contributed by atoms with Gasteiger partial charge in [0.15, 0.2) is 0 Å². The van der Waals surface area contributed by atoms with E-state index in [9.17, 15) is 4.21 Å². The van der Waals surface area contributed by atoms with Crippen LogP contribution < -0.4 is 5.32 Å². The van der Waals surface area contributed by atoms with Crippen LogP contribution in [-0.2, 0) is 10.8 Å². The Balaban J connectivity index is 3.39. The van der Waals surface area contributed by atoms with E-state index in [1.165, 1.54) is 0 Å². The molecule has 0 heterocycles. The first-order valence-electron chi connectivity index (χ1n) is 5.64. The molecule has 0 spiro atoms. The number of hydrogen-bond donors (Lipinski definition) is 1. The molecule has 0 saturated carbocycles. The average molecular weight is 219 g/mol. The van der Waals surface area contributed by atoms with Gasteiger partial charge in [0.05, 0.1) is 0 Å². The molecule has 0 aliphatic carbocycles. The van der Waals surface area contributed by atoms with Crippen LogP contribution in [0.3, 0.4) is 0 Å². The molecule has 2 nitrogen and oxygen atoms in total. The summed E-state index contributed by atoms with van der Waals surface area (Å²) in [5.41, 5.74) is 0. The monoisotopic (exact) mass is 219 g/mol. The molecule has 0 aromatic carbocycles. The summed E-state index contributed by atoms with van der Waals surface area (Å²) in [6.45, 7) is 9.58. The zero-order valence-electron chi connectivity index (χ0n) is 10.0. The summed E-state index contributed by atoms with van der Waals surface area (Å²) in [5, 5.41) is 3.36. The van der Waals surface area contributed by atoms with Crippen molar-refractivity contribution < 1.29 is 4.21 Å². The van der Waals surface area contributed by atoms with Crippen LogP contribution in [0.25, 0.3) is 0 Å². The third-order valence-corrected chi connectivity index (χ3v) is 3.86. The van der Waals surface area contributed by atoms with Gasteiger partial charge in [-0.15, -0.1) is 0 Å². The maximum absolute atomic E-state index is 11.5. The first-order valence-corrected chi connectivity index (χ1v) is 7.13. The Morgan fingerprint density at radius 1 is 1.29 bits per heavy atom. The van der Waals surface area contributed by atoms with Gasteiger partial charge in [-0.1, -0.05) is 20.8 Å². The van der Waals surface area contributed by atoms with Gasteiger partial charge >= 0.3 is 0 Å². The molecule has 1 N–H and O–H groups in total. The quantitative estimate of drug-likeness (QED) is 0.678. The smallest absolute Gasteiger partial charge is 0.0257 e. The summed E-state index contributed by atoms with van der Waals surface area (Å²) in [5.74, 6) is 2.28. The Bertz CT molecular complexity index is 159. The summed E-state index contributed by atoms with van der Waals surface area (Å²) in [7, 11) is -0.598. The molecule has 0 aromatic heterocycles. The number of hydrogen-bond acceptors (Lipinski definition) is 2. The molecule has 14 heavy (non-hydrogen) atoms. The van der Waals surface area contributed by atoms with Crippen molar-refractivity contribution in [3.63, 3.8) is 0 Å². The van der Waals surface area contributed by atoms with Gasteiger partial charge < -0.3 is 5.32 Å². The summed E-state index contributed by atoms with van der Waals surface area (Å²) in [6, 6.07) is 0.566. The Morgan fingerprint density at radius 2 is 1.93 bits per heavy atom. The predicted octanol–water partition coefficient (Wildman–Crippen LogP) is 2.17. The summed E-state index contributed by atoms with van der Waals surface area (Å²) >= 11 is 0. The number of rotatable bonds is 8. The maximum Gasteiger partial charge on any atom is 0.0257 e. The second kappa shape index (κ2) is 8.42. The average Bonchev–Trinajstić information content (AvgIpc) is 2.02. The highest BCUT2D eigenvalue weighted by molar-refractivity contribution is 7.84. The predicted molar refractivity (Wildman–Crippen MR) is 65.1 cm³/mol. The van der Waals surface area contributed by atoms with Gasteiger partial charge in [-0.05, 0) is 32.2 Å². The van der Waals surface area contributed by atoms with Crippen molar-refractivity contribution in [2.45, 2.75) is 46.6 Å². The molecule has 0 amide bonds. The molecule has 0 rings (SSSR count). The molecule has 3 heteroatoms. The largest absolute Gasteiger partial charge is 0.315 e. The first kappa shape index (κ1) is 14.1. The van der Waals surface area contributed by atoms with Gasteiger partial charge in [-0.3, -0.25) is 4.21 Å². The summed E-state index contributed by atoms with van der Waals surface area (Å²) in [6.07, 6.45) is 2.21. The third kappa shape index (κ3) is 8.70. The fraction of sp³-hybridized carbons (Fsp3) is 1.00. The highest BCUT2D eigenvalue weighted by Crippen LogP contribution is 2.02. The van der Waals surface area contributed by atoms with Crippen LogP contribution in [-0.4, -0.2) is 28.3 Å². The van der Waals surface area contributed by atoms with E-state index in [1.807, 2.05) is 0 Å². The van der Waals surface area contributed by atoms with Gasteiger partial charge in [0, 0.05) is 28.3 Å². The Morgan fingerprint density at radius 3 is 2.43 bits per heavy atom. The molecule has 0 aliphatic rings. The van der Waals surface area contributed by atoms with Gasteiger partial charge in [-0.2, -0.15) is 0 Å². The minimum absolute atomic E-state index is 0.557. The van der Waals surface area contributed by atoms with Crippen molar-refractivity contribution in [2.24, 2.45) is 5.92 Å². The molecule has 0 fully saturated rings. The van der Waals surface area contributed by atoms with Crippen LogP contribution >= 0.6 is 0 Å². The fourth-order valence-corrected chi connectivity index (χ4v) is 2.86. The standard InChI is InChI=1S/C11H25NOS/c1-5-12-11(4)7-6-8-14(13)9-10(2)3/h10-12H,5-9H2,1-4H3. The normalized spacial score (nSPS) is 15.8. The van der Waals surface area contributed by atoms with Crippen molar-refractivity contribution in [1.29, 1.82) is 0 Å². The zero-order valence-corrected chi connectivity index (χ0v) is 10.8. The Hall–Kier alpha value is 0.110. The van der Waals surface area contributed by atoms with Gasteiger partial charge in [0.1, 0.15) is 0 Å². The molecule has 86 valence electrons. The molecule has 0 saturated heterocycles. The lowest BCUT2D eigenvalue weighted by atomic mass is 10.2. The first-order chi connectivity index (χ1) is 6.56. The van der Waals surface area contributed by atoms with Crippen LogP contribution in [0.5, 0.6) is 0 Å². The van der Waals surface area contributed by atoms with E-state index in [0.29, 0.717) is 12.0 Å². The van der Waals surface area contributed by atoms with Crippen molar-refractivity contribution in [3.8, 4) is 0 Å². The third-order valence-electron chi connectivity index (χ3n) is 2.08. The van der Waals surface area contributed by atoms with E-state index in [0.717, 1.165) is 30.9 Å². The maximum atomic E-state index is 11.5. The molecular formula is C11H25NOS. The molecule has 0 bridgehead atoms. The fourth-order valence-electron chi connectivity index (χ4n) is 1.46. The summed E-state index contributed by atoms with van der Waals surface area (Å²) < 4.78 is 11.5. The summed E-state index contributed by atoms with van der Waals surface area (Å²) in [4.78, 5) is 0. The van der Waals surface area contributed by atoms with Crippen LogP contribution in [0.1, 0.15) is 40.5 Å².